The molecule has 2 N–H and O–H groups in total. The zero-order chi connectivity index (χ0) is 12.4. The molecule has 0 aliphatic carbocycles. The number of rotatable bonds is 2. The summed E-state index contributed by atoms with van der Waals surface area (Å²) in [6.07, 6.45) is 1.75. The van der Waals surface area contributed by atoms with Crippen LogP contribution in [-0.2, 0) is 0 Å². The topological polar surface area (TPSA) is 64.7 Å². The van der Waals surface area contributed by atoms with Crippen molar-refractivity contribution in [3.05, 3.63) is 29.8 Å². The summed E-state index contributed by atoms with van der Waals surface area (Å²) in [4.78, 5) is 11.6. The molecule has 0 spiro atoms. The number of aromatic nitrogens is 3. The molecule has 1 heterocycles. The zero-order valence-corrected chi connectivity index (χ0v) is 9.63. The number of nitrogen functional groups attached to an aromatic ring is 1. The number of nitrogens with zero attached hydrogens (tertiary/aromatic N) is 3. The maximum absolute atomic E-state index is 13.5. The minimum atomic E-state index is -0.607. The lowest BCUT2D eigenvalue weighted by Crippen LogP contribution is -2.02. The summed E-state index contributed by atoms with van der Waals surface area (Å²) in [5, 5.41) is 0.358. The lowest BCUT2D eigenvalue weighted by molar-refractivity contribution is 0.601. The van der Waals surface area contributed by atoms with Crippen LogP contribution < -0.4 is 5.73 Å². The van der Waals surface area contributed by atoms with Gasteiger partial charge in [0.15, 0.2) is 11.0 Å². The van der Waals surface area contributed by atoms with E-state index in [4.69, 9.17) is 5.73 Å². The molecule has 0 fully saturated rings. The zero-order valence-electron chi connectivity index (χ0n) is 8.82. The Morgan fingerprint density at radius 1 is 1.18 bits per heavy atom. The minimum absolute atomic E-state index is 0.0250. The van der Waals surface area contributed by atoms with Crippen LogP contribution in [0.1, 0.15) is 0 Å². The Hall–Kier alpha value is -1.76. The van der Waals surface area contributed by atoms with Gasteiger partial charge in [0.25, 0.3) is 0 Å². The van der Waals surface area contributed by atoms with E-state index in [-0.39, 0.29) is 17.3 Å². The first-order valence-electron chi connectivity index (χ1n) is 4.61. The Kier molecular flexibility index (Phi) is 3.19. The smallest absolute Gasteiger partial charge is 0.224 e. The molecule has 7 heteroatoms. The molecule has 0 atom stereocenters. The van der Waals surface area contributed by atoms with E-state index in [9.17, 15) is 8.78 Å². The van der Waals surface area contributed by atoms with Gasteiger partial charge in [0.05, 0.1) is 5.56 Å². The molecule has 0 aliphatic rings. The third-order valence-electron chi connectivity index (χ3n) is 1.98. The third kappa shape index (κ3) is 2.50. The maximum atomic E-state index is 13.5. The molecule has 0 unspecified atom stereocenters. The van der Waals surface area contributed by atoms with Crippen LogP contribution in [0.3, 0.4) is 0 Å². The number of halogens is 2. The second kappa shape index (κ2) is 4.62. The molecule has 88 valence electrons. The van der Waals surface area contributed by atoms with Crippen molar-refractivity contribution >= 4 is 17.7 Å². The van der Waals surface area contributed by atoms with Crippen LogP contribution >= 0.6 is 11.8 Å². The lowest BCUT2D eigenvalue weighted by Gasteiger charge is -2.04. The molecule has 0 bridgehead atoms. The van der Waals surface area contributed by atoms with Gasteiger partial charge in [-0.3, -0.25) is 0 Å². The van der Waals surface area contributed by atoms with Crippen LogP contribution in [0.5, 0.6) is 0 Å². The van der Waals surface area contributed by atoms with Gasteiger partial charge >= 0.3 is 0 Å². The molecule has 0 amide bonds. The summed E-state index contributed by atoms with van der Waals surface area (Å²) < 4.78 is 26.5. The van der Waals surface area contributed by atoms with Gasteiger partial charge in [0.1, 0.15) is 11.6 Å². The molecule has 4 nitrogen and oxygen atoms in total. The fourth-order valence-electron chi connectivity index (χ4n) is 1.25. The van der Waals surface area contributed by atoms with Crippen molar-refractivity contribution in [3.63, 3.8) is 0 Å². The van der Waals surface area contributed by atoms with Crippen molar-refractivity contribution in [1.82, 2.24) is 15.0 Å². The number of thioether (sulfide) groups is 1. The number of hydrogen-bond acceptors (Lipinski definition) is 5. The summed E-state index contributed by atoms with van der Waals surface area (Å²) in [6.45, 7) is 0. The van der Waals surface area contributed by atoms with E-state index in [0.29, 0.717) is 5.16 Å². The van der Waals surface area contributed by atoms with Crippen molar-refractivity contribution in [1.29, 1.82) is 0 Å². The third-order valence-corrected chi connectivity index (χ3v) is 2.53. The van der Waals surface area contributed by atoms with Gasteiger partial charge in [-0.1, -0.05) is 11.8 Å². The van der Waals surface area contributed by atoms with Crippen LogP contribution in [0, 0.1) is 11.6 Å². The normalized spacial score (nSPS) is 10.5. The van der Waals surface area contributed by atoms with E-state index in [1.807, 2.05) is 0 Å². The van der Waals surface area contributed by atoms with Gasteiger partial charge in [0, 0.05) is 0 Å². The summed E-state index contributed by atoms with van der Waals surface area (Å²) in [7, 11) is 0. The van der Waals surface area contributed by atoms with Gasteiger partial charge < -0.3 is 5.73 Å². The summed E-state index contributed by atoms with van der Waals surface area (Å²) in [5.41, 5.74) is 5.44. The monoisotopic (exact) mass is 254 g/mol. The van der Waals surface area contributed by atoms with E-state index in [1.54, 1.807) is 6.26 Å². The van der Waals surface area contributed by atoms with Crippen molar-refractivity contribution < 1.29 is 8.78 Å². The quantitative estimate of drug-likeness (QED) is 0.831. The predicted molar refractivity (Wildman–Crippen MR) is 61.4 cm³/mol. The molecular weight excluding hydrogens is 246 g/mol. The van der Waals surface area contributed by atoms with E-state index in [1.165, 1.54) is 11.8 Å². The molecule has 17 heavy (non-hydrogen) atoms. The molecule has 1 aromatic heterocycles. The first kappa shape index (κ1) is 11.7. The van der Waals surface area contributed by atoms with Gasteiger partial charge in [-0.05, 0) is 24.5 Å². The van der Waals surface area contributed by atoms with E-state index < -0.39 is 11.6 Å². The fraction of sp³-hybridized carbons (Fsp3) is 0.100. The minimum Gasteiger partial charge on any atom is -0.368 e. The highest BCUT2D eigenvalue weighted by Gasteiger charge is 2.12. The van der Waals surface area contributed by atoms with Crippen LogP contribution in [0.2, 0.25) is 0 Å². The predicted octanol–water partition coefficient (Wildman–Crippen LogP) is 2.12. The van der Waals surface area contributed by atoms with Crippen molar-refractivity contribution in [2.75, 3.05) is 12.0 Å². The lowest BCUT2D eigenvalue weighted by atomic mass is 10.2. The van der Waals surface area contributed by atoms with Gasteiger partial charge in [0.2, 0.25) is 5.95 Å². The molecule has 0 saturated heterocycles. The fourth-order valence-corrected chi connectivity index (χ4v) is 1.62. The molecule has 2 aromatic rings. The molecule has 2 rings (SSSR count). The maximum Gasteiger partial charge on any atom is 0.224 e. The van der Waals surface area contributed by atoms with Gasteiger partial charge in [-0.25, -0.2) is 13.8 Å². The molecule has 0 saturated carbocycles. The second-order valence-corrected chi connectivity index (χ2v) is 3.90. The van der Waals surface area contributed by atoms with E-state index in [0.717, 1.165) is 18.2 Å². The molecule has 0 radical (unpaired) electrons. The first-order valence-corrected chi connectivity index (χ1v) is 5.83. The molecule has 1 aromatic carbocycles. The molecular formula is C10H8F2N4S. The summed E-state index contributed by atoms with van der Waals surface area (Å²) in [6, 6.07) is 3.07. The van der Waals surface area contributed by atoms with Crippen molar-refractivity contribution in [2.45, 2.75) is 5.16 Å². The standard InChI is InChI=1S/C10H8F2N4S/c1-17-10-15-8(14-9(13)16-10)6-4-5(11)2-3-7(6)12/h2-4H,1H3,(H2,13,14,15,16). The van der Waals surface area contributed by atoms with E-state index >= 15 is 0 Å². The van der Waals surface area contributed by atoms with Crippen LogP contribution in [-0.4, -0.2) is 21.2 Å². The highest BCUT2D eigenvalue weighted by atomic mass is 32.2. The highest BCUT2D eigenvalue weighted by molar-refractivity contribution is 7.98. The average Bonchev–Trinajstić information content (AvgIpc) is 2.31. The van der Waals surface area contributed by atoms with E-state index in [2.05, 4.69) is 15.0 Å². The summed E-state index contributed by atoms with van der Waals surface area (Å²) in [5.74, 6) is -1.17. The van der Waals surface area contributed by atoms with Crippen LogP contribution in [0.4, 0.5) is 14.7 Å². The Labute approximate surface area is 100 Å². The van der Waals surface area contributed by atoms with Gasteiger partial charge in [-0.15, -0.1) is 0 Å². The van der Waals surface area contributed by atoms with Crippen molar-refractivity contribution in [3.8, 4) is 11.4 Å². The first-order chi connectivity index (χ1) is 8.10. The number of benzene rings is 1. The van der Waals surface area contributed by atoms with Gasteiger partial charge in [-0.2, -0.15) is 9.97 Å². The Morgan fingerprint density at radius 2 is 1.94 bits per heavy atom. The summed E-state index contributed by atoms with van der Waals surface area (Å²) >= 11 is 1.24. The number of anilines is 1. The number of hydrogen-bond donors (Lipinski definition) is 1. The highest BCUT2D eigenvalue weighted by Crippen LogP contribution is 2.22. The number of nitrogens with two attached hydrogens (primary N) is 1. The second-order valence-electron chi connectivity index (χ2n) is 3.13. The van der Waals surface area contributed by atoms with Crippen molar-refractivity contribution in [2.24, 2.45) is 0 Å². The largest absolute Gasteiger partial charge is 0.368 e. The van der Waals surface area contributed by atoms with Crippen LogP contribution in [0.15, 0.2) is 23.4 Å². The molecule has 0 aliphatic heterocycles. The SMILES string of the molecule is CSc1nc(N)nc(-c2cc(F)ccc2F)n1. The van der Waals surface area contributed by atoms with Crippen LogP contribution in [0.25, 0.3) is 11.4 Å². The Bertz CT molecular complexity index is 562. The Morgan fingerprint density at radius 3 is 2.65 bits per heavy atom. The average molecular weight is 254 g/mol. The Balaban J connectivity index is 2.59.